The average Bonchev–Trinajstić information content (AvgIpc) is 2.68. The molecule has 27 heavy (non-hydrogen) atoms. The standard InChI is InChI=1S/C20H18N4O3/c1-3-27-19-7-5-13(11-23-19)14-9-16(24-20(22)15(14)10-21)12-4-6-17(25)18(8-12)26-2/h4-9,11,25H,3H2,1-2H3,(H2,22,24). The first-order valence-electron chi connectivity index (χ1n) is 8.24. The molecule has 0 saturated heterocycles. The molecular weight excluding hydrogens is 344 g/mol. The van der Waals surface area contributed by atoms with Crippen LogP contribution in [-0.4, -0.2) is 28.8 Å². The number of hydrogen-bond donors (Lipinski definition) is 2. The van der Waals surface area contributed by atoms with E-state index in [1.165, 1.54) is 13.2 Å². The van der Waals surface area contributed by atoms with Gasteiger partial charge in [0.25, 0.3) is 0 Å². The SMILES string of the molecule is CCOc1ccc(-c2cc(-c3ccc(O)c(OC)c3)nc(N)c2C#N)cn1. The largest absolute Gasteiger partial charge is 0.504 e. The van der Waals surface area contributed by atoms with Crippen molar-refractivity contribution in [3.8, 4) is 45.8 Å². The third kappa shape index (κ3) is 3.60. The number of nitrogen functional groups attached to an aromatic ring is 1. The number of phenols is 1. The van der Waals surface area contributed by atoms with Crippen LogP contribution >= 0.6 is 0 Å². The number of aromatic hydroxyl groups is 1. The smallest absolute Gasteiger partial charge is 0.213 e. The highest BCUT2D eigenvalue weighted by atomic mass is 16.5. The highest BCUT2D eigenvalue weighted by molar-refractivity contribution is 5.80. The van der Waals surface area contributed by atoms with Crippen LogP contribution in [0.2, 0.25) is 0 Å². The lowest BCUT2D eigenvalue weighted by atomic mass is 9.99. The van der Waals surface area contributed by atoms with Gasteiger partial charge in [0.15, 0.2) is 11.5 Å². The maximum atomic E-state index is 9.79. The number of ether oxygens (including phenoxy) is 2. The van der Waals surface area contributed by atoms with E-state index >= 15 is 0 Å². The Labute approximate surface area is 156 Å². The van der Waals surface area contributed by atoms with Crippen molar-refractivity contribution >= 4 is 5.82 Å². The van der Waals surface area contributed by atoms with Crippen LogP contribution in [0.3, 0.4) is 0 Å². The number of phenolic OH excluding ortho intramolecular Hbond substituents is 1. The summed E-state index contributed by atoms with van der Waals surface area (Å²) in [5.74, 6) is 0.969. The topological polar surface area (TPSA) is 114 Å². The molecule has 0 aliphatic heterocycles. The summed E-state index contributed by atoms with van der Waals surface area (Å²) in [5.41, 5.74) is 8.88. The summed E-state index contributed by atoms with van der Waals surface area (Å²) in [6.45, 7) is 2.40. The highest BCUT2D eigenvalue weighted by Crippen LogP contribution is 2.35. The summed E-state index contributed by atoms with van der Waals surface area (Å²) in [6.07, 6.45) is 1.63. The van der Waals surface area contributed by atoms with E-state index < -0.39 is 0 Å². The maximum Gasteiger partial charge on any atom is 0.213 e. The van der Waals surface area contributed by atoms with Gasteiger partial charge in [-0.2, -0.15) is 5.26 Å². The fourth-order valence-corrected chi connectivity index (χ4v) is 2.67. The minimum absolute atomic E-state index is 0.0267. The fraction of sp³-hybridized carbons (Fsp3) is 0.150. The first kappa shape index (κ1) is 18.0. The van der Waals surface area contributed by atoms with Crippen molar-refractivity contribution in [2.45, 2.75) is 6.92 Å². The van der Waals surface area contributed by atoms with Gasteiger partial charge in [0, 0.05) is 29.0 Å². The summed E-state index contributed by atoms with van der Waals surface area (Å²) in [7, 11) is 1.47. The van der Waals surface area contributed by atoms with E-state index in [1.54, 1.807) is 30.5 Å². The zero-order chi connectivity index (χ0) is 19.4. The summed E-state index contributed by atoms with van der Waals surface area (Å²) < 4.78 is 10.5. The molecule has 3 N–H and O–H groups in total. The van der Waals surface area contributed by atoms with Crippen LogP contribution in [0, 0.1) is 11.3 Å². The van der Waals surface area contributed by atoms with E-state index in [4.69, 9.17) is 15.2 Å². The molecule has 7 heteroatoms. The van der Waals surface area contributed by atoms with Crippen molar-refractivity contribution in [1.82, 2.24) is 9.97 Å². The van der Waals surface area contributed by atoms with Gasteiger partial charge in [0.2, 0.25) is 5.88 Å². The van der Waals surface area contributed by atoms with E-state index in [0.717, 1.165) is 5.56 Å². The lowest BCUT2D eigenvalue weighted by Crippen LogP contribution is -2.00. The molecule has 0 atom stereocenters. The minimum atomic E-state index is 0.0267. The zero-order valence-corrected chi connectivity index (χ0v) is 14.9. The number of pyridine rings is 2. The third-order valence-electron chi connectivity index (χ3n) is 3.97. The lowest BCUT2D eigenvalue weighted by Gasteiger charge is -2.12. The van der Waals surface area contributed by atoms with Gasteiger partial charge in [-0.15, -0.1) is 0 Å². The van der Waals surface area contributed by atoms with Crippen molar-refractivity contribution in [3.63, 3.8) is 0 Å². The Morgan fingerprint density at radius 2 is 1.96 bits per heavy atom. The Kier molecular flexibility index (Phi) is 5.08. The van der Waals surface area contributed by atoms with Gasteiger partial charge in [-0.05, 0) is 37.3 Å². The quantitative estimate of drug-likeness (QED) is 0.715. The number of methoxy groups -OCH3 is 1. The number of nitrogens with zero attached hydrogens (tertiary/aromatic N) is 3. The molecule has 7 nitrogen and oxygen atoms in total. The van der Waals surface area contributed by atoms with Crippen LogP contribution in [0.25, 0.3) is 22.4 Å². The van der Waals surface area contributed by atoms with Gasteiger partial charge in [-0.3, -0.25) is 0 Å². The van der Waals surface area contributed by atoms with E-state index in [1.807, 2.05) is 13.0 Å². The van der Waals surface area contributed by atoms with Crippen LogP contribution in [0.4, 0.5) is 5.82 Å². The molecule has 136 valence electrons. The number of nitriles is 1. The molecule has 0 saturated carbocycles. The van der Waals surface area contributed by atoms with Crippen LogP contribution in [0.5, 0.6) is 17.4 Å². The molecule has 1 aromatic carbocycles. The fourth-order valence-electron chi connectivity index (χ4n) is 2.67. The maximum absolute atomic E-state index is 9.79. The molecule has 0 fully saturated rings. The van der Waals surface area contributed by atoms with E-state index in [0.29, 0.717) is 35.1 Å². The second-order valence-corrected chi connectivity index (χ2v) is 5.63. The molecule has 0 amide bonds. The number of hydrogen-bond acceptors (Lipinski definition) is 7. The predicted octanol–water partition coefficient (Wildman–Crippen LogP) is 3.38. The first-order valence-corrected chi connectivity index (χ1v) is 8.24. The van der Waals surface area contributed by atoms with Crippen LogP contribution in [-0.2, 0) is 0 Å². The summed E-state index contributed by atoms with van der Waals surface area (Å²) in [5, 5.41) is 19.3. The molecule has 2 aromatic heterocycles. The Morgan fingerprint density at radius 1 is 1.19 bits per heavy atom. The molecule has 3 aromatic rings. The Balaban J connectivity index is 2.13. The van der Waals surface area contributed by atoms with Gasteiger partial charge in [0.05, 0.1) is 19.4 Å². The van der Waals surface area contributed by atoms with E-state index in [-0.39, 0.29) is 17.1 Å². The van der Waals surface area contributed by atoms with Crippen LogP contribution < -0.4 is 15.2 Å². The Bertz CT molecular complexity index is 1010. The van der Waals surface area contributed by atoms with Crippen LogP contribution in [0.15, 0.2) is 42.6 Å². The van der Waals surface area contributed by atoms with Gasteiger partial charge >= 0.3 is 0 Å². The predicted molar refractivity (Wildman–Crippen MR) is 101 cm³/mol. The molecule has 3 rings (SSSR count). The minimum Gasteiger partial charge on any atom is -0.504 e. The van der Waals surface area contributed by atoms with Crippen molar-refractivity contribution in [1.29, 1.82) is 5.26 Å². The van der Waals surface area contributed by atoms with Crippen molar-refractivity contribution in [3.05, 3.63) is 48.2 Å². The van der Waals surface area contributed by atoms with Crippen LogP contribution in [0.1, 0.15) is 12.5 Å². The zero-order valence-electron chi connectivity index (χ0n) is 14.9. The Morgan fingerprint density at radius 3 is 2.59 bits per heavy atom. The molecule has 0 aliphatic rings. The molecule has 0 bridgehead atoms. The normalized spacial score (nSPS) is 10.3. The van der Waals surface area contributed by atoms with Gasteiger partial charge < -0.3 is 20.3 Å². The second kappa shape index (κ2) is 7.62. The number of nitrogens with two attached hydrogens (primary N) is 1. The molecular formula is C20H18N4O3. The van der Waals surface area contributed by atoms with Crippen molar-refractivity contribution < 1.29 is 14.6 Å². The van der Waals surface area contributed by atoms with E-state index in [2.05, 4.69) is 16.0 Å². The van der Waals surface area contributed by atoms with E-state index in [9.17, 15) is 10.4 Å². The molecule has 0 radical (unpaired) electrons. The van der Waals surface area contributed by atoms with Crippen molar-refractivity contribution in [2.75, 3.05) is 19.5 Å². The van der Waals surface area contributed by atoms with Gasteiger partial charge in [-0.1, -0.05) is 0 Å². The molecule has 0 aliphatic carbocycles. The number of aromatic nitrogens is 2. The highest BCUT2D eigenvalue weighted by Gasteiger charge is 2.15. The summed E-state index contributed by atoms with van der Waals surface area (Å²) in [4.78, 5) is 8.57. The van der Waals surface area contributed by atoms with Crippen molar-refractivity contribution in [2.24, 2.45) is 0 Å². The second-order valence-electron chi connectivity index (χ2n) is 5.63. The number of benzene rings is 1. The number of rotatable bonds is 5. The lowest BCUT2D eigenvalue weighted by molar-refractivity contribution is 0.327. The summed E-state index contributed by atoms with van der Waals surface area (Å²) in [6, 6.07) is 12.3. The Hall–Kier alpha value is -3.79. The first-order chi connectivity index (χ1) is 13.1. The molecule has 0 unspecified atom stereocenters. The molecule has 2 heterocycles. The summed E-state index contributed by atoms with van der Waals surface area (Å²) >= 11 is 0. The average molecular weight is 362 g/mol. The van der Waals surface area contributed by atoms with Gasteiger partial charge in [0.1, 0.15) is 17.5 Å². The number of anilines is 1. The third-order valence-corrected chi connectivity index (χ3v) is 3.97. The molecule has 0 spiro atoms. The van der Waals surface area contributed by atoms with Gasteiger partial charge in [-0.25, -0.2) is 9.97 Å². The monoisotopic (exact) mass is 362 g/mol.